The maximum absolute atomic E-state index is 12.4. The average molecular weight is 252 g/mol. The molecule has 0 aliphatic carbocycles. The van der Waals surface area contributed by atoms with Crippen molar-refractivity contribution in [3.05, 3.63) is 34.3 Å². The van der Waals surface area contributed by atoms with Crippen LogP contribution in [0.2, 0.25) is 5.02 Å². The standard InChI is InChI=1S/C14H18ClNO/c1-10-8-12(15)5-6-13(10)14(17)11-4-3-7-16(2)9-11/h5-6,8,11H,3-4,7,9H2,1-2H3. The molecule has 1 aromatic rings. The van der Waals surface area contributed by atoms with Crippen LogP contribution in [0.3, 0.4) is 0 Å². The normalized spacial score (nSPS) is 21.5. The Morgan fingerprint density at radius 1 is 1.47 bits per heavy atom. The summed E-state index contributed by atoms with van der Waals surface area (Å²) in [5.41, 5.74) is 1.81. The zero-order chi connectivity index (χ0) is 12.4. The molecule has 1 atom stereocenters. The van der Waals surface area contributed by atoms with Crippen molar-refractivity contribution in [2.45, 2.75) is 19.8 Å². The maximum Gasteiger partial charge on any atom is 0.167 e. The highest BCUT2D eigenvalue weighted by molar-refractivity contribution is 6.30. The second-order valence-corrected chi connectivity index (χ2v) is 5.36. The van der Waals surface area contributed by atoms with Gasteiger partial charge in [-0.15, -0.1) is 0 Å². The van der Waals surface area contributed by atoms with Crippen LogP contribution in [0.25, 0.3) is 0 Å². The fraction of sp³-hybridized carbons (Fsp3) is 0.500. The summed E-state index contributed by atoms with van der Waals surface area (Å²) in [7, 11) is 2.08. The number of piperidine rings is 1. The smallest absolute Gasteiger partial charge is 0.167 e. The summed E-state index contributed by atoms with van der Waals surface area (Å²) in [5.74, 6) is 0.416. The molecule has 92 valence electrons. The van der Waals surface area contributed by atoms with E-state index >= 15 is 0 Å². The SMILES string of the molecule is Cc1cc(Cl)ccc1C(=O)C1CCCN(C)C1. The first-order valence-corrected chi connectivity index (χ1v) is 6.44. The summed E-state index contributed by atoms with van der Waals surface area (Å²) in [6, 6.07) is 5.52. The molecule has 1 unspecified atom stereocenters. The van der Waals surface area contributed by atoms with Crippen LogP contribution >= 0.6 is 11.6 Å². The lowest BCUT2D eigenvalue weighted by Crippen LogP contribution is -2.36. The van der Waals surface area contributed by atoms with E-state index in [1.165, 1.54) is 0 Å². The minimum absolute atomic E-state index is 0.147. The first-order chi connectivity index (χ1) is 8.08. The second kappa shape index (κ2) is 5.19. The zero-order valence-electron chi connectivity index (χ0n) is 10.4. The number of benzene rings is 1. The molecule has 1 aromatic carbocycles. The molecule has 0 amide bonds. The number of aryl methyl sites for hydroxylation is 1. The first kappa shape index (κ1) is 12.6. The van der Waals surface area contributed by atoms with Crippen LogP contribution in [0.15, 0.2) is 18.2 Å². The van der Waals surface area contributed by atoms with E-state index in [9.17, 15) is 4.79 Å². The van der Waals surface area contributed by atoms with E-state index in [4.69, 9.17) is 11.6 Å². The number of carbonyl (C=O) groups is 1. The minimum Gasteiger partial charge on any atom is -0.306 e. The van der Waals surface area contributed by atoms with Crippen LogP contribution in [-0.2, 0) is 0 Å². The Hall–Kier alpha value is -0.860. The van der Waals surface area contributed by atoms with Crippen LogP contribution < -0.4 is 0 Å². The predicted molar refractivity (Wildman–Crippen MR) is 70.7 cm³/mol. The molecule has 17 heavy (non-hydrogen) atoms. The Balaban J connectivity index is 2.18. The Bertz CT molecular complexity index is 430. The number of hydrogen-bond acceptors (Lipinski definition) is 2. The van der Waals surface area contributed by atoms with Gasteiger partial charge in [0.15, 0.2) is 5.78 Å². The van der Waals surface area contributed by atoms with Gasteiger partial charge in [0.2, 0.25) is 0 Å². The Kier molecular flexibility index (Phi) is 3.85. The molecule has 0 aromatic heterocycles. The van der Waals surface area contributed by atoms with Gasteiger partial charge >= 0.3 is 0 Å². The molecule has 1 aliphatic heterocycles. The number of ketones is 1. The van der Waals surface area contributed by atoms with Crippen molar-refractivity contribution in [1.82, 2.24) is 4.90 Å². The third kappa shape index (κ3) is 2.88. The van der Waals surface area contributed by atoms with Crippen molar-refractivity contribution in [2.24, 2.45) is 5.92 Å². The number of halogens is 1. The van der Waals surface area contributed by atoms with E-state index in [1.54, 1.807) is 6.07 Å². The fourth-order valence-corrected chi connectivity index (χ4v) is 2.73. The number of carbonyl (C=O) groups excluding carboxylic acids is 1. The molecule has 0 radical (unpaired) electrons. The summed E-state index contributed by atoms with van der Waals surface area (Å²) in [5, 5.41) is 0.694. The van der Waals surface area contributed by atoms with Crippen LogP contribution in [0.4, 0.5) is 0 Å². The molecule has 2 rings (SSSR count). The van der Waals surface area contributed by atoms with E-state index in [1.807, 2.05) is 19.1 Å². The summed E-state index contributed by atoms with van der Waals surface area (Å²) < 4.78 is 0. The molecule has 0 bridgehead atoms. The third-order valence-corrected chi connectivity index (χ3v) is 3.68. The van der Waals surface area contributed by atoms with Gasteiger partial charge in [0, 0.05) is 23.0 Å². The highest BCUT2D eigenvalue weighted by Gasteiger charge is 2.25. The van der Waals surface area contributed by atoms with Gasteiger partial charge in [0.25, 0.3) is 0 Å². The largest absolute Gasteiger partial charge is 0.306 e. The molecule has 2 nitrogen and oxygen atoms in total. The van der Waals surface area contributed by atoms with Gasteiger partial charge in [0.05, 0.1) is 0 Å². The highest BCUT2D eigenvalue weighted by atomic mass is 35.5. The lowest BCUT2D eigenvalue weighted by atomic mass is 9.88. The third-order valence-electron chi connectivity index (χ3n) is 3.45. The van der Waals surface area contributed by atoms with Gasteiger partial charge in [-0.2, -0.15) is 0 Å². The zero-order valence-corrected chi connectivity index (χ0v) is 11.1. The lowest BCUT2D eigenvalue weighted by Gasteiger charge is -2.29. The van der Waals surface area contributed by atoms with Crippen molar-refractivity contribution < 1.29 is 4.79 Å². The van der Waals surface area contributed by atoms with Crippen LogP contribution in [0, 0.1) is 12.8 Å². The molecular weight excluding hydrogens is 234 g/mol. The summed E-state index contributed by atoms with van der Waals surface area (Å²) >= 11 is 5.91. The quantitative estimate of drug-likeness (QED) is 0.753. The molecule has 3 heteroatoms. The molecule has 1 saturated heterocycles. The fourth-order valence-electron chi connectivity index (χ4n) is 2.50. The molecule has 0 saturated carbocycles. The molecular formula is C14H18ClNO. The van der Waals surface area contributed by atoms with Crippen molar-refractivity contribution in [3.63, 3.8) is 0 Å². The molecule has 1 heterocycles. The second-order valence-electron chi connectivity index (χ2n) is 4.92. The van der Waals surface area contributed by atoms with Gasteiger partial charge in [-0.25, -0.2) is 0 Å². The predicted octanol–water partition coefficient (Wildman–Crippen LogP) is 3.17. The minimum atomic E-state index is 0.147. The van der Waals surface area contributed by atoms with E-state index in [-0.39, 0.29) is 11.7 Å². The monoisotopic (exact) mass is 251 g/mol. The summed E-state index contributed by atoms with van der Waals surface area (Å²) in [4.78, 5) is 14.6. The summed E-state index contributed by atoms with van der Waals surface area (Å²) in [6.07, 6.45) is 2.12. The topological polar surface area (TPSA) is 20.3 Å². The van der Waals surface area contributed by atoms with Crippen molar-refractivity contribution in [1.29, 1.82) is 0 Å². The Morgan fingerprint density at radius 2 is 2.24 bits per heavy atom. The summed E-state index contributed by atoms with van der Waals surface area (Å²) in [6.45, 7) is 3.93. The van der Waals surface area contributed by atoms with Crippen molar-refractivity contribution >= 4 is 17.4 Å². The van der Waals surface area contributed by atoms with Crippen LogP contribution in [0.5, 0.6) is 0 Å². The Morgan fingerprint density at radius 3 is 2.88 bits per heavy atom. The van der Waals surface area contributed by atoms with Gasteiger partial charge in [-0.05, 0) is 57.1 Å². The van der Waals surface area contributed by atoms with E-state index in [0.717, 1.165) is 37.1 Å². The van der Waals surface area contributed by atoms with Crippen LogP contribution in [0.1, 0.15) is 28.8 Å². The van der Waals surface area contributed by atoms with Gasteiger partial charge in [0.1, 0.15) is 0 Å². The number of Topliss-reactive ketones (excluding diaryl/α,β-unsaturated/α-hetero) is 1. The van der Waals surface area contributed by atoms with Gasteiger partial charge in [-0.3, -0.25) is 4.79 Å². The maximum atomic E-state index is 12.4. The van der Waals surface area contributed by atoms with Crippen molar-refractivity contribution in [3.8, 4) is 0 Å². The number of likely N-dealkylation sites (tertiary alicyclic amines) is 1. The van der Waals surface area contributed by atoms with Gasteiger partial charge < -0.3 is 4.90 Å². The van der Waals surface area contributed by atoms with Crippen molar-refractivity contribution in [2.75, 3.05) is 20.1 Å². The number of hydrogen-bond donors (Lipinski definition) is 0. The number of rotatable bonds is 2. The molecule has 0 N–H and O–H groups in total. The highest BCUT2D eigenvalue weighted by Crippen LogP contribution is 2.23. The van der Waals surface area contributed by atoms with E-state index in [0.29, 0.717) is 5.02 Å². The average Bonchev–Trinajstić information content (AvgIpc) is 2.28. The van der Waals surface area contributed by atoms with Gasteiger partial charge in [-0.1, -0.05) is 11.6 Å². The number of nitrogens with zero attached hydrogens (tertiary/aromatic N) is 1. The molecule has 0 spiro atoms. The van der Waals surface area contributed by atoms with E-state index < -0.39 is 0 Å². The first-order valence-electron chi connectivity index (χ1n) is 6.07. The van der Waals surface area contributed by atoms with Crippen LogP contribution in [-0.4, -0.2) is 30.8 Å². The molecule has 1 aliphatic rings. The molecule has 1 fully saturated rings. The lowest BCUT2D eigenvalue weighted by molar-refractivity contribution is 0.0842. The van der Waals surface area contributed by atoms with E-state index in [2.05, 4.69) is 11.9 Å². The Labute approximate surface area is 108 Å².